The SMILES string of the molecule is COC(=O)C(Cc1ccccc1)C(C)C. The Bertz CT molecular complexity index is 304. The molecule has 0 aliphatic rings. The Morgan fingerprint density at radius 1 is 1.27 bits per heavy atom. The second-order valence-corrected chi connectivity index (χ2v) is 4.06. The molecule has 0 radical (unpaired) electrons. The van der Waals surface area contributed by atoms with Gasteiger partial charge in [-0.15, -0.1) is 0 Å². The molecule has 1 aromatic carbocycles. The van der Waals surface area contributed by atoms with Gasteiger partial charge in [0.15, 0.2) is 0 Å². The molecule has 0 saturated heterocycles. The molecule has 0 saturated carbocycles. The maximum atomic E-state index is 11.5. The molecule has 0 N–H and O–H groups in total. The quantitative estimate of drug-likeness (QED) is 0.708. The van der Waals surface area contributed by atoms with Crippen LogP contribution < -0.4 is 0 Å². The van der Waals surface area contributed by atoms with Gasteiger partial charge in [-0.25, -0.2) is 0 Å². The van der Waals surface area contributed by atoms with Crippen molar-refractivity contribution in [3.63, 3.8) is 0 Å². The Hall–Kier alpha value is -1.31. The zero-order valence-electron chi connectivity index (χ0n) is 9.57. The Morgan fingerprint density at radius 2 is 1.87 bits per heavy atom. The molecule has 0 fully saturated rings. The van der Waals surface area contributed by atoms with E-state index in [9.17, 15) is 4.79 Å². The van der Waals surface area contributed by atoms with Crippen LogP contribution in [-0.2, 0) is 16.0 Å². The highest BCUT2D eigenvalue weighted by molar-refractivity contribution is 5.72. The number of carbonyl (C=O) groups excluding carboxylic acids is 1. The van der Waals surface area contributed by atoms with Crippen LogP contribution in [0.5, 0.6) is 0 Å². The summed E-state index contributed by atoms with van der Waals surface area (Å²) in [5.41, 5.74) is 1.18. The summed E-state index contributed by atoms with van der Waals surface area (Å²) >= 11 is 0. The first kappa shape index (κ1) is 11.8. The summed E-state index contributed by atoms with van der Waals surface area (Å²) in [6, 6.07) is 10.0. The highest BCUT2D eigenvalue weighted by Crippen LogP contribution is 2.18. The fourth-order valence-corrected chi connectivity index (χ4v) is 1.61. The highest BCUT2D eigenvalue weighted by Gasteiger charge is 2.22. The second kappa shape index (κ2) is 5.54. The van der Waals surface area contributed by atoms with E-state index < -0.39 is 0 Å². The van der Waals surface area contributed by atoms with E-state index >= 15 is 0 Å². The second-order valence-electron chi connectivity index (χ2n) is 4.06. The summed E-state index contributed by atoms with van der Waals surface area (Å²) in [5, 5.41) is 0. The van der Waals surface area contributed by atoms with Gasteiger partial charge in [0.1, 0.15) is 0 Å². The predicted octanol–water partition coefficient (Wildman–Crippen LogP) is 2.67. The van der Waals surface area contributed by atoms with Gasteiger partial charge in [0.2, 0.25) is 0 Å². The van der Waals surface area contributed by atoms with E-state index in [-0.39, 0.29) is 11.9 Å². The minimum Gasteiger partial charge on any atom is -0.469 e. The normalized spacial score (nSPS) is 12.5. The Morgan fingerprint density at radius 3 is 2.33 bits per heavy atom. The summed E-state index contributed by atoms with van der Waals surface area (Å²) in [7, 11) is 1.45. The smallest absolute Gasteiger partial charge is 0.309 e. The van der Waals surface area contributed by atoms with Gasteiger partial charge in [-0.3, -0.25) is 4.79 Å². The van der Waals surface area contributed by atoms with Crippen molar-refractivity contribution in [1.29, 1.82) is 0 Å². The Labute approximate surface area is 91.3 Å². The first-order valence-corrected chi connectivity index (χ1v) is 5.27. The van der Waals surface area contributed by atoms with Crippen LogP contribution in [0.1, 0.15) is 19.4 Å². The van der Waals surface area contributed by atoms with Crippen LogP contribution in [0, 0.1) is 11.8 Å². The molecule has 15 heavy (non-hydrogen) atoms. The van der Waals surface area contributed by atoms with Crippen molar-refractivity contribution in [1.82, 2.24) is 0 Å². The summed E-state index contributed by atoms with van der Waals surface area (Å²) in [6.45, 7) is 4.09. The molecule has 0 aliphatic carbocycles. The lowest BCUT2D eigenvalue weighted by Gasteiger charge is -2.18. The molecule has 0 amide bonds. The molecule has 1 atom stereocenters. The summed E-state index contributed by atoms with van der Waals surface area (Å²) in [5.74, 6) is 0.143. The van der Waals surface area contributed by atoms with Crippen LogP contribution in [0.2, 0.25) is 0 Å². The maximum Gasteiger partial charge on any atom is 0.309 e. The van der Waals surface area contributed by atoms with Crippen molar-refractivity contribution in [3.05, 3.63) is 35.9 Å². The van der Waals surface area contributed by atoms with E-state index in [1.165, 1.54) is 12.7 Å². The van der Waals surface area contributed by atoms with Crippen molar-refractivity contribution in [2.45, 2.75) is 20.3 Å². The van der Waals surface area contributed by atoms with Gasteiger partial charge >= 0.3 is 5.97 Å². The van der Waals surface area contributed by atoms with Crippen LogP contribution >= 0.6 is 0 Å². The molecule has 82 valence electrons. The highest BCUT2D eigenvalue weighted by atomic mass is 16.5. The molecule has 0 aromatic heterocycles. The van der Waals surface area contributed by atoms with Crippen LogP contribution in [-0.4, -0.2) is 13.1 Å². The molecule has 2 heteroatoms. The third kappa shape index (κ3) is 3.39. The van der Waals surface area contributed by atoms with E-state index in [0.717, 1.165) is 6.42 Å². The zero-order chi connectivity index (χ0) is 11.3. The summed E-state index contributed by atoms with van der Waals surface area (Å²) < 4.78 is 4.81. The number of esters is 1. The fourth-order valence-electron chi connectivity index (χ4n) is 1.61. The average molecular weight is 206 g/mol. The van der Waals surface area contributed by atoms with Gasteiger partial charge < -0.3 is 4.74 Å². The molecule has 0 bridgehead atoms. The summed E-state index contributed by atoms with van der Waals surface area (Å²) in [4.78, 5) is 11.5. The zero-order valence-corrected chi connectivity index (χ0v) is 9.57. The molecule has 0 aliphatic heterocycles. The van der Waals surface area contributed by atoms with Gasteiger partial charge in [-0.05, 0) is 17.9 Å². The minimum atomic E-state index is -0.117. The van der Waals surface area contributed by atoms with Gasteiger partial charge in [0, 0.05) is 0 Å². The molecular formula is C13H18O2. The van der Waals surface area contributed by atoms with Crippen molar-refractivity contribution in [2.24, 2.45) is 11.8 Å². The number of methoxy groups -OCH3 is 1. The van der Waals surface area contributed by atoms with Gasteiger partial charge in [-0.2, -0.15) is 0 Å². The molecule has 0 spiro atoms. The van der Waals surface area contributed by atoms with E-state index in [1.807, 2.05) is 44.2 Å². The number of hydrogen-bond acceptors (Lipinski definition) is 2. The van der Waals surface area contributed by atoms with Crippen LogP contribution in [0.4, 0.5) is 0 Å². The number of rotatable bonds is 4. The van der Waals surface area contributed by atoms with Crippen molar-refractivity contribution >= 4 is 5.97 Å². The lowest BCUT2D eigenvalue weighted by atomic mass is 9.89. The van der Waals surface area contributed by atoms with Crippen LogP contribution in [0.3, 0.4) is 0 Å². The topological polar surface area (TPSA) is 26.3 Å². The van der Waals surface area contributed by atoms with Gasteiger partial charge in [-0.1, -0.05) is 44.2 Å². The number of hydrogen-bond donors (Lipinski definition) is 0. The summed E-state index contributed by atoms with van der Waals surface area (Å²) in [6.07, 6.45) is 0.755. The third-order valence-electron chi connectivity index (χ3n) is 2.61. The predicted molar refractivity (Wildman–Crippen MR) is 60.5 cm³/mol. The minimum absolute atomic E-state index is 0.0441. The molecule has 1 aromatic rings. The molecular weight excluding hydrogens is 188 g/mol. The van der Waals surface area contributed by atoms with E-state index in [4.69, 9.17) is 4.74 Å². The standard InChI is InChI=1S/C13H18O2/c1-10(2)12(13(14)15-3)9-11-7-5-4-6-8-11/h4-8,10,12H,9H2,1-3H3. The number of benzene rings is 1. The van der Waals surface area contributed by atoms with Gasteiger partial charge in [0.25, 0.3) is 0 Å². The van der Waals surface area contributed by atoms with Crippen LogP contribution in [0.25, 0.3) is 0 Å². The fraction of sp³-hybridized carbons (Fsp3) is 0.462. The first-order chi connectivity index (χ1) is 7.15. The Kier molecular flexibility index (Phi) is 4.35. The third-order valence-corrected chi connectivity index (χ3v) is 2.61. The van der Waals surface area contributed by atoms with Gasteiger partial charge in [0.05, 0.1) is 13.0 Å². The molecule has 0 heterocycles. The maximum absolute atomic E-state index is 11.5. The monoisotopic (exact) mass is 206 g/mol. The van der Waals surface area contributed by atoms with E-state index in [0.29, 0.717) is 5.92 Å². The first-order valence-electron chi connectivity index (χ1n) is 5.27. The number of carbonyl (C=O) groups is 1. The van der Waals surface area contributed by atoms with Crippen molar-refractivity contribution in [2.75, 3.05) is 7.11 Å². The largest absolute Gasteiger partial charge is 0.469 e. The number of ether oxygens (including phenoxy) is 1. The van der Waals surface area contributed by atoms with Crippen molar-refractivity contribution < 1.29 is 9.53 Å². The molecule has 2 nitrogen and oxygen atoms in total. The van der Waals surface area contributed by atoms with Crippen LogP contribution in [0.15, 0.2) is 30.3 Å². The van der Waals surface area contributed by atoms with E-state index in [1.54, 1.807) is 0 Å². The van der Waals surface area contributed by atoms with E-state index in [2.05, 4.69) is 0 Å². The van der Waals surface area contributed by atoms with Crippen molar-refractivity contribution in [3.8, 4) is 0 Å². The average Bonchev–Trinajstić information content (AvgIpc) is 2.26. The molecule has 1 rings (SSSR count). The molecule has 1 unspecified atom stereocenters. The lowest BCUT2D eigenvalue weighted by molar-refractivity contribution is -0.146. The Balaban J connectivity index is 2.72. The lowest BCUT2D eigenvalue weighted by Crippen LogP contribution is -2.23.